The number of aromatic hydroxyl groups is 3. The average molecular weight is 383 g/mol. The molecule has 1 aromatic heterocycles. The van der Waals surface area contributed by atoms with Crippen LogP contribution >= 0.6 is 0 Å². The van der Waals surface area contributed by atoms with Gasteiger partial charge in [0.05, 0.1) is 11.7 Å². The highest BCUT2D eigenvalue weighted by Gasteiger charge is 2.23. The first-order valence-electron chi connectivity index (χ1n) is 9.14. The number of nitrogens with zero attached hydrogens (tertiary/aromatic N) is 1. The van der Waals surface area contributed by atoms with Crippen LogP contribution in [0.3, 0.4) is 0 Å². The number of likely N-dealkylation sites (tertiary alicyclic amines) is 1. The molecule has 0 atom stereocenters. The zero-order valence-corrected chi connectivity index (χ0v) is 15.1. The van der Waals surface area contributed by atoms with Crippen molar-refractivity contribution in [3.05, 3.63) is 52.2 Å². The summed E-state index contributed by atoms with van der Waals surface area (Å²) in [4.78, 5) is 14.7. The minimum absolute atomic E-state index is 0.0207. The van der Waals surface area contributed by atoms with Gasteiger partial charge in [0.2, 0.25) is 0 Å². The lowest BCUT2D eigenvalue weighted by molar-refractivity contribution is 0.0790. The Morgan fingerprint density at radius 1 is 1.00 bits per heavy atom. The largest absolute Gasteiger partial charge is 0.508 e. The molecule has 0 spiro atoms. The maximum Gasteiger partial charge on any atom is 0.197 e. The predicted octanol–water partition coefficient (Wildman–Crippen LogP) is 2.53. The maximum absolute atomic E-state index is 12.7. The van der Waals surface area contributed by atoms with E-state index in [9.17, 15) is 25.2 Å². The van der Waals surface area contributed by atoms with Crippen LogP contribution < -0.4 is 5.43 Å². The molecule has 28 heavy (non-hydrogen) atoms. The smallest absolute Gasteiger partial charge is 0.197 e. The Labute approximate surface area is 160 Å². The van der Waals surface area contributed by atoms with Crippen molar-refractivity contribution >= 4 is 11.0 Å². The van der Waals surface area contributed by atoms with Crippen molar-refractivity contribution in [2.24, 2.45) is 0 Å². The van der Waals surface area contributed by atoms with Crippen LogP contribution in [0.5, 0.6) is 17.2 Å². The van der Waals surface area contributed by atoms with Crippen LogP contribution in [0.1, 0.15) is 18.4 Å². The summed E-state index contributed by atoms with van der Waals surface area (Å²) in [6, 6.07) is 8.65. The Hall–Kier alpha value is -3.03. The molecule has 0 aliphatic carbocycles. The first-order chi connectivity index (χ1) is 13.4. The molecule has 0 amide bonds. The van der Waals surface area contributed by atoms with Gasteiger partial charge in [0.15, 0.2) is 11.0 Å². The number of hydrogen-bond acceptors (Lipinski definition) is 7. The Bertz CT molecular complexity index is 1060. The molecule has 4 N–H and O–H groups in total. The van der Waals surface area contributed by atoms with Gasteiger partial charge in [-0.1, -0.05) is 0 Å². The normalized spacial score (nSPS) is 15.9. The van der Waals surface area contributed by atoms with Gasteiger partial charge >= 0.3 is 0 Å². The maximum atomic E-state index is 12.7. The summed E-state index contributed by atoms with van der Waals surface area (Å²) in [5.74, 6) is -0.119. The minimum Gasteiger partial charge on any atom is -0.508 e. The minimum atomic E-state index is -0.419. The molecule has 2 aromatic carbocycles. The summed E-state index contributed by atoms with van der Waals surface area (Å²) in [7, 11) is 0. The van der Waals surface area contributed by atoms with Crippen LogP contribution in [0.2, 0.25) is 0 Å². The zero-order valence-electron chi connectivity index (χ0n) is 15.1. The van der Waals surface area contributed by atoms with Crippen molar-refractivity contribution < 1.29 is 24.8 Å². The Balaban J connectivity index is 1.84. The summed E-state index contributed by atoms with van der Waals surface area (Å²) in [6.45, 7) is 1.65. The van der Waals surface area contributed by atoms with Gasteiger partial charge in [-0.2, -0.15) is 0 Å². The van der Waals surface area contributed by atoms with Crippen molar-refractivity contribution in [1.29, 1.82) is 0 Å². The number of aliphatic hydroxyl groups excluding tert-OH is 1. The Kier molecular flexibility index (Phi) is 4.70. The monoisotopic (exact) mass is 383 g/mol. The Morgan fingerprint density at radius 3 is 2.36 bits per heavy atom. The Morgan fingerprint density at radius 2 is 1.68 bits per heavy atom. The van der Waals surface area contributed by atoms with E-state index in [4.69, 9.17) is 4.42 Å². The second-order valence-electron chi connectivity index (χ2n) is 7.13. The van der Waals surface area contributed by atoms with E-state index in [1.807, 2.05) is 0 Å². The van der Waals surface area contributed by atoms with E-state index < -0.39 is 5.43 Å². The molecule has 7 heteroatoms. The lowest BCUT2D eigenvalue weighted by Gasteiger charge is -2.29. The highest BCUT2D eigenvalue weighted by Crippen LogP contribution is 2.36. The first kappa shape index (κ1) is 18.3. The van der Waals surface area contributed by atoms with Crippen LogP contribution in [0.25, 0.3) is 22.3 Å². The third-order valence-corrected chi connectivity index (χ3v) is 5.15. The number of phenolic OH excluding ortho intramolecular Hbond substituents is 3. The molecule has 1 aliphatic rings. The molecule has 4 rings (SSSR count). The van der Waals surface area contributed by atoms with Gasteiger partial charge in [0.1, 0.15) is 28.4 Å². The van der Waals surface area contributed by atoms with E-state index in [-0.39, 0.29) is 40.1 Å². The number of phenols is 3. The zero-order chi connectivity index (χ0) is 19.8. The summed E-state index contributed by atoms with van der Waals surface area (Å²) < 4.78 is 5.95. The molecule has 0 unspecified atom stereocenters. The third kappa shape index (κ3) is 3.42. The summed E-state index contributed by atoms with van der Waals surface area (Å²) in [6.07, 6.45) is 0.958. The molecule has 2 heterocycles. The van der Waals surface area contributed by atoms with Gasteiger partial charge in [-0.05, 0) is 37.1 Å². The van der Waals surface area contributed by atoms with Crippen LogP contribution in [-0.4, -0.2) is 44.5 Å². The number of fused-ring (bicyclic) bond motifs is 1. The molecule has 0 saturated carbocycles. The van der Waals surface area contributed by atoms with Gasteiger partial charge in [-0.25, -0.2) is 0 Å². The number of benzene rings is 2. The van der Waals surface area contributed by atoms with Gasteiger partial charge in [0.25, 0.3) is 0 Å². The van der Waals surface area contributed by atoms with Gasteiger partial charge < -0.3 is 24.8 Å². The van der Waals surface area contributed by atoms with Crippen LogP contribution in [-0.2, 0) is 6.54 Å². The number of hydrogen-bond donors (Lipinski definition) is 4. The highest BCUT2D eigenvalue weighted by atomic mass is 16.3. The average Bonchev–Trinajstić information content (AvgIpc) is 2.66. The van der Waals surface area contributed by atoms with Crippen molar-refractivity contribution in [3.8, 4) is 28.6 Å². The van der Waals surface area contributed by atoms with E-state index in [2.05, 4.69) is 4.90 Å². The van der Waals surface area contributed by atoms with E-state index in [0.717, 1.165) is 6.07 Å². The lowest BCUT2D eigenvalue weighted by Crippen LogP contribution is -2.35. The molecular weight excluding hydrogens is 362 g/mol. The lowest BCUT2D eigenvalue weighted by atomic mass is 10.0. The fraction of sp³-hybridized carbons (Fsp3) is 0.286. The van der Waals surface area contributed by atoms with E-state index in [0.29, 0.717) is 43.6 Å². The summed E-state index contributed by atoms with van der Waals surface area (Å²) in [5.41, 5.74) is 0.727. The van der Waals surface area contributed by atoms with Crippen LogP contribution in [0, 0.1) is 0 Å². The fourth-order valence-corrected chi connectivity index (χ4v) is 3.58. The molecule has 146 valence electrons. The third-order valence-electron chi connectivity index (χ3n) is 5.15. The van der Waals surface area contributed by atoms with Crippen molar-refractivity contribution in [1.82, 2.24) is 4.90 Å². The number of aliphatic hydroxyl groups is 1. The number of rotatable bonds is 3. The molecule has 1 saturated heterocycles. The van der Waals surface area contributed by atoms with Crippen molar-refractivity contribution in [2.75, 3.05) is 13.1 Å². The van der Waals surface area contributed by atoms with E-state index in [1.165, 1.54) is 18.2 Å². The molecule has 0 bridgehead atoms. The first-order valence-corrected chi connectivity index (χ1v) is 9.14. The van der Waals surface area contributed by atoms with Crippen molar-refractivity contribution in [3.63, 3.8) is 0 Å². The molecule has 1 aliphatic heterocycles. The fourth-order valence-electron chi connectivity index (χ4n) is 3.58. The standard InChI is InChI=1S/C21H21NO6/c23-13-3-1-12(2-4-13)19-10-18(27)20-17(26)9-16(25)15(21(20)28-19)11-22-7-5-14(24)6-8-22/h1-4,9-10,14,23-26H,5-8,11H2. The SMILES string of the molecule is O=c1cc(-c2ccc(O)cc2)oc2c(CN3CCC(O)CC3)c(O)cc(O)c12. The second-order valence-corrected chi connectivity index (χ2v) is 7.13. The van der Waals surface area contributed by atoms with E-state index >= 15 is 0 Å². The van der Waals surface area contributed by atoms with Crippen LogP contribution in [0.4, 0.5) is 0 Å². The van der Waals surface area contributed by atoms with Crippen LogP contribution in [0.15, 0.2) is 45.6 Å². The quantitative estimate of drug-likeness (QED) is 0.549. The van der Waals surface area contributed by atoms with Gasteiger partial charge in [-0.15, -0.1) is 0 Å². The molecule has 1 fully saturated rings. The topological polar surface area (TPSA) is 114 Å². The van der Waals surface area contributed by atoms with Gasteiger partial charge in [-0.3, -0.25) is 9.69 Å². The molecular formula is C21H21NO6. The molecule has 0 radical (unpaired) electrons. The van der Waals surface area contributed by atoms with Crippen molar-refractivity contribution in [2.45, 2.75) is 25.5 Å². The number of piperidine rings is 1. The highest BCUT2D eigenvalue weighted by molar-refractivity contribution is 5.89. The predicted molar refractivity (Wildman–Crippen MR) is 103 cm³/mol. The van der Waals surface area contributed by atoms with E-state index in [1.54, 1.807) is 12.1 Å². The van der Waals surface area contributed by atoms with Gasteiger partial charge in [0, 0.05) is 37.3 Å². The summed E-state index contributed by atoms with van der Waals surface area (Å²) in [5, 5.41) is 39.8. The summed E-state index contributed by atoms with van der Waals surface area (Å²) >= 11 is 0. The second kappa shape index (κ2) is 7.18. The molecule has 7 nitrogen and oxygen atoms in total. The molecule has 3 aromatic rings.